The second-order valence-corrected chi connectivity index (χ2v) is 10.7. The van der Waals surface area contributed by atoms with Gasteiger partial charge in [0.05, 0.1) is 41.7 Å². The molecule has 5 unspecified atom stereocenters. The summed E-state index contributed by atoms with van der Waals surface area (Å²) in [5.41, 5.74) is 2.49. The molecule has 4 rings (SSSR count). The lowest BCUT2D eigenvalue weighted by Crippen LogP contribution is -2.56. The van der Waals surface area contributed by atoms with Crippen LogP contribution in [0, 0.1) is 23.2 Å². The number of nitrogens with one attached hydrogen (secondary N) is 2. The Morgan fingerprint density at radius 2 is 2.21 bits per heavy atom. The van der Waals surface area contributed by atoms with E-state index >= 15 is 0 Å². The van der Waals surface area contributed by atoms with E-state index in [0.717, 1.165) is 24.4 Å². The zero-order chi connectivity index (χ0) is 27.8. The zero-order valence-corrected chi connectivity index (χ0v) is 23.5. The molecule has 0 spiro atoms. The van der Waals surface area contributed by atoms with Gasteiger partial charge >= 0.3 is 0 Å². The van der Waals surface area contributed by atoms with E-state index in [1.54, 1.807) is 12.1 Å². The lowest BCUT2D eigenvalue weighted by atomic mass is 9.72. The molecular weight excluding hydrogens is 520 g/mol. The number of nitriles is 1. The van der Waals surface area contributed by atoms with Crippen molar-refractivity contribution in [3.63, 3.8) is 0 Å². The number of carbonyl (C=O) groups is 1. The van der Waals surface area contributed by atoms with Gasteiger partial charge in [-0.1, -0.05) is 11.6 Å². The number of benzene rings is 1. The number of rotatable bonds is 12. The quantitative estimate of drug-likeness (QED) is 0.403. The Morgan fingerprint density at radius 1 is 1.36 bits per heavy atom. The summed E-state index contributed by atoms with van der Waals surface area (Å²) in [5, 5.41) is 17.2. The minimum Gasteiger partial charge on any atom is -0.486 e. The molecule has 2 N–H and O–H groups in total. The molecule has 2 heterocycles. The summed E-state index contributed by atoms with van der Waals surface area (Å²) in [6.07, 6.45) is 5.26. The summed E-state index contributed by atoms with van der Waals surface area (Å²) in [6, 6.07) is 7.58. The first-order chi connectivity index (χ1) is 18.9. The van der Waals surface area contributed by atoms with E-state index in [2.05, 4.69) is 26.6 Å². The molecule has 2 aliphatic rings. The van der Waals surface area contributed by atoms with E-state index in [1.807, 2.05) is 27.1 Å². The highest BCUT2D eigenvalue weighted by Gasteiger charge is 2.44. The van der Waals surface area contributed by atoms with Crippen LogP contribution in [0.15, 0.2) is 40.3 Å². The first kappa shape index (κ1) is 28.9. The number of nitrogens with zero attached hydrogens (tertiary/aromatic N) is 4. The molecule has 5 atom stereocenters. The van der Waals surface area contributed by atoms with Crippen molar-refractivity contribution in [3.8, 4) is 11.8 Å². The van der Waals surface area contributed by atoms with Gasteiger partial charge in [0, 0.05) is 36.8 Å². The lowest BCUT2D eigenvalue weighted by Gasteiger charge is -2.44. The molecule has 1 aromatic heterocycles. The van der Waals surface area contributed by atoms with E-state index in [1.165, 1.54) is 12.7 Å². The third-order valence-corrected chi connectivity index (χ3v) is 7.47. The van der Waals surface area contributed by atoms with Crippen LogP contribution in [0.3, 0.4) is 0 Å². The molecular formula is C28H37ClN6O4. The molecule has 1 fully saturated rings. The number of halogens is 1. The van der Waals surface area contributed by atoms with Crippen LogP contribution in [0.2, 0.25) is 5.02 Å². The van der Waals surface area contributed by atoms with E-state index in [4.69, 9.17) is 30.5 Å². The van der Waals surface area contributed by atoms with E-state index in [9.17, 15) is 10.1 Å². The van der Waals surface area contributed by atoms with Crippen LogP contribution < -0.4 is 15.4 Å². The minimum atomic E-state index is -0.319. The van der Waals surface area contributed by atoms with E-state index in [-0.39, 0.29) is 42.5 Å². The molecule has 0 radical (unpaired) electrons. The smallest absolute Gasteiger partial charge is 0.220 e. The minimum absolute atomic E-state index is 0.0194. The van der Waals surface area contributed by atoms with Gasteiger partial charge in [-0.15, -0.1) is 0 Å². The van der Waals surface area contributed by atoms with Crippen molar-refractivity contribution in [2.75, 3.05) is 39.1 Å². The topological polar surface area (TPSA) is 125 Å². The Balaban J connectivity index is 1.46. The second-order valence-electron chi connectivity index (χ2n) is 10.3. The maximum atomic E-state index is 12.8. The molecule has 210 valence electrons. The van der Waals surface area contributed by atoms with Crippen LogP contribution in [0.25, 0.3) is 0 Å². The maximum absolute atomic E-state index is 12.8. The predicted octanol–water partition coefficient (Wildman–Crippen LogP) is 3.92. The Kier molecular flexibility index (Phi) is 10.2. The van der Waals surface area contributed by atoms with Crippen LogP contribution >= 0.6 is 11.6 Å². The molecule has 11 heteroatoms. The third-order valence-electron chi connectivity index (χ3n) is 7.18. The van der Waals surface area contributed by atoms with Crippen molar-refractivity contribution in [1.29, 1.82) is 5.26 Å². The van der Waals surface area contributed by atoms with Crippen molar-refractivity contribution < 1.29 is 18.7 Å². The first-order valence-corrected chi connectivity index (χ1v) is 13.8. The number of oxazole rings is 1. The normalized spacial score (nSPS) is 24.4. The Morgan fingerprint density at radius 3 is 2.90 bits per heavy atom. The number of hydrogen-bond acceptors (Lipinski definition) is 9. The SMILES string of the molecule is CCOC1CC2=NCC(C#N)C(Nc3ccc(OCc4cocn4)c(Cl)c3)C2CC1NC(=O)CCCN(C)C. The average Bonchev–Trinajstić information content (AvgIpc) is 3.42. The highest BCUT2D eigenvalue weighted by molar-refractivity contribution is 6.32. The molecule has 0 bridgehead atoms. The summed E-state index contributed by atoms with van der Waals surface area (Å²) in [4.78, 5) is 23.7. The first-order valence-electron chi connectivity index (χ1n) is 13.4. The van der Waals surface area contributed by atoms with Crippen molar-refractivity contribution in [3.05, 3.63) is 41.6 Å². The summed E-state index contributed by atoms with van der Waals surface area (Å²) in [6.45, 7) is 4.04. The Hall–Kier alpha value is -3.13. The van der Waals surface area contributed by atoms with Gasteiger partial charge in [0.15, 0.2) is 6.39 Å². The van der Waals surface area contributed by atoms with Crippen LogP contribution in [0.4, 0.5) is 5.69 Å². The van der Waals surface area contributed by atoms with Gasteiger partial charge < -0.3 is 29.4 Å². The molecule has 1 aliphatic heterocycles. The fraction of sp³-hybridized carbons (Fsp3) is 0.571. The number of carbonyl (C=O) groups excluding carboxylic acids is 1. The van der Waals surface area contributed by atoms with Gasteiger partial charge in [-0.25, -0.2) is 4.98 Å². The number of fused-ring (bicyclic) bond motifs is 1. The Bertz CT molecular complexity index is 1170. The number of aliphatic imine (C=N–C) groups is 1. The molecule has 1 amide bonds. The Labute approximate surface area is 234 Å². The van der Waals surface area contributed by atoms with Gasteiger partial charge in [-0.3, -0.25) is 9.79 Å². The van der Waals surface area contributed by atoms with Crippen molar-refractivity contribution >= 4 is 28.9 Å². The molecule has 1 aliphatic carbocycles. The summed E-state index contributed by atoms with van der Waals surface area (Å²) in [5.74, 6) is 0.217. The van der Waals surface area contributed by atoms with Gasteiger partial charge in [-0.2, -0.15) is 5.26 Å². The molecule has 39 heavy (non-hydrogen) atoms. The number of aromatic nitrogens is 1. The number of anilines is 1. The summed E-state index contributed by atoms with van der Waals surface area (Å²) < 4.78 is 16.8. The molecule has 1 saturated carbocycles. The van der Waals surface area contributed by atoms with Gasteiger partial charge in [0.25, 0.3) is 0 Å². The zero-order valence-electron chi connectivity index (χ0n) is 22.7. The lowest BCUT2D eigenvalue weighted by molar-refractivity contribution is -0.123. The summed E-state index contributed by atoms with van der Waals surface area (Å²) in [7, 11) is 4.00. The largest absolute Gasteiger partial charge is 0.486 e. The van der Waals surface area contributed by atoms with Crippen molar-refractivity contribution in [2.24, 2.45) is 16.8 Å². The summed E-state index contributed by atoms with van der Waals surface area (Å²) >= 11 is 6.53. The third kappa shape index (κ3) is 7.72. The van der Waals surface area contributed by atoms with Crippen LogP contribution in [-0.4, -0.2) is 73.5 Å². The van der Waals surface area contributed by atoms with Crippen LogP contribution in [0.5, 0.6) is 5.75 Å². The number of hydrogen-bond donors (Lipinski definition) is 2. The van der Waals surface area contributed by atoms with E-state index in [0.29, 0.717) is 48.9 Å². The van der Waals surface area contributed by atoms with Gasteiger partial charge in [0.2, 0.25) is 5.91 Å². The van der Waals surface area contributed by atoms with Gasteiger partial charge in [0.1, 0.15) is 24.3 Å². The highest BCUT2D eigenvalue weighted by Crippen LogP contribution is 2.36. The van der Waals surface area contributed by atoms with Crippen molar-refractivity contribution in [2.45, 2.75) is 57.4 Å². The monoisotopic (exact) mass is 556 g/mol. The molecule has 2 aromatic rings. The van der Waals surface area contributed by atoms with E-state index < -0.39 is 0 Å². The van der Waals surface area contributed by atoms with Crippen molar-refractivity contribution in [1.82, 2.24) is 15.2 Å². The van der Waals surface area contributed by atoms with Gasteiger partial charge in [-0.05, 0) is 58.6 Å². The second kappa shape index (κ2) is 13.8. The standard InChI is InChI=1S/C28H37ClN6O4/c1-4-38-26-12-23-21(11-24(26)34-27(36)6-5-9-35(2)3)28(18(13-30)14-31-23)33-19-7-8-25(22(29)10-19)39-16-20-15-37-17-32-20/h7-8,10,15,17-18,21,24,26,28,33H,4-6,9,11-12,14,16H2,1-3H3,(H,34,36). The average molecular weight is 557 g/mol. The number of ether oxygens (including phenoxy) is 2. The predicted molar refractivity (Wildman–Crippen MR) is 149 cm³/mol. The maximum Gasteiger partial charge on any atom is 0.220 e. The van der Waals surface area contributed by atoms with Crippen LogP contribution in [-0.2, 0) is 16.1 Å². The molecule has 1 aromatic carbocycles. The molecule has 10 nitrogen and oxygen atoms in total. The van der Waals surface area contributed by atoms with Crippen LogP contribution in [0.1, 0.15) is 38.3 Å². The molecule has 0 saturated heterocycles. The fourth-order valence-corrected chi connectivity index (χ4v) is 5.50. The fourth-order valence-electron chi connectivity index (χ4n) is 5.27. The number of amides is 1. The highest BCUT2D eigenvalue weighted by atomic mass is 35.5.